The molecule has 0 amide bonds. The first kappa shape index (κ1) is 18.1. The number of nitrogens with one attached hydrogen (secondary N) is 2. The number of fused-ring (bicyclic) bond motifs is 3. The Hall–Kier alpha value is -2.27. The summed E-state index contributed by atoms with van der Waals surface area (Å²) in [6.07, 6.45) is 0. The number of hydrogen-bond donors (Lipinski definition) is 2. The van der Waals surface area contributed by atoms with Gasteiger partial charge in [-0.3, -0.25) is 0 Å². The quantitative estimate of drug-likeness (QED) is 0.356. The zero-order valence-corrected chi connectivity index (χ0v) is 16.9. The fourth-order valence-corrected chi connectivity index (χ4v) is 3.87. The van der Waals surface area contributed by atoms with E-state index in [0.29, 0.717) is 15.2 Å². The van der Waals surface area contributed by atoms with Gasteiger partial charge in [0.15, 0.2) is 5.11 Å². The predicted octanol–water partition coefficient (Wildman–Crippen LogP) is 6.93. The summed E-state index contributed by atoms with van der Waals surface area (Å²) in [6, 6.07) is 20.1. The van der Waals surface area contributed by atoms with E-state index < -0.39 is 0 Å². The molecule has 1 heterocycles. The summed E-state index contributed by atoms with van der Waals surface area (Å²) in [5.74, 6) is 0. The molecule has 0 saturated heterocycles. The molecule has 0 unspecified atom stereocenters. The van der Waals surface area contributed by atoms with Crippen LogP contribution in [-0.4, -0.2) is 9.68 Å². The van der Waals surface area contributed by atoms with E-state index in [9.17, 15) is 0 Å². The molecule has 0 bridgehead atoms. The second-order valence-corrected chi connectivity index (χ2v) is 7.42. The highest BCUT2D eigenvalue weighted by atomic mass is 35.5. The number of benzene rings is 3. The van der Waals surface area contributed by atoms with E-state index in [1.54, 1.807) is 12.1 Å². The second kappa shape index (κ2) is 7.39. The Morgan fingerprint density at radius 3 is 2.26 bits per heavy atom. The van der Waals surface area contributed by atoms with E-state index in [-0.39, 0.29) is 0 Å². The highest BCUT2D eigenvalue weighted by Crippen LogP contribution is 2.31. The van der Waals surface area contributed by atoms with Gasteiger partial charge in [0.1, 0.15) is 0 Å². The van der Waals surface area contributed by atoms with E-state index in [1.165, 1.54) is 21.8 Å². The molecular formula is C21H17Cl2N3S. The molecule has 0 spiro atoms. The van der Waals surface area contributed by atoms with Crippen LogP contribution >= 0.6 is 35.4 Å². The van der Waals surface area contributed by atoms with Gasteiger partial charge in [0.05, 0.1) is 10.0 Å². The van der Waals surface area contributed by atoms with Gasteiger partial charge in [-0.2, -0.15) is 0 Å². The summed E-state index contributed by atoms with van der Waals surface area (Å²) in [4.78, 5) is 0. The van der Waals surface area contributed by atoms with Crippen molar-refractivity contribution in [3.8, 4) is 0 Å². The van der Waals surface area contributed by atoms with Crippen LogP contribution in [0.1, 0.15) is 6.92 Å². The molecule has 136 valence electrons. The Bertz CT molecular complexity index is 1170. The van der Waals surface area contributed by atoms with Gasteiger partial charge in [-0.1, -0.05) is 41.4 Å². The van der Waals surface area contributed by atoms with E-state index >= 15 is 0 Å². The lowest BCUT2D eigenvalue weighted by molar-refractivity contribution is 0.827. The topological polar surface area (TPSA) is 29.0 Å². The molecule has 0 saturated carbocycles. The molecular weight excluding hydrogens is 397 g/mol. The molecule has 2 N–H and O–H groups in total. The van der Waals surface area contributed by atoms with Gasteiger partial charge in [0.25, 0.3) is 0 Å². The molecule has 4 aromatic rings. The van der Waals surface area contributed by atoms with Crippen LogP contribution in [0.3, 0.4) is 0 Å². The third-order valence-corrected chi connectivity index (χ3v) is 5.47. The van der Waals surface area contributed by atoms with Gasteiger partial charge in [-0.25, -0.2) is 0 Å². The predicted molar refractivity (Wildman–Crippen MR) is 121 cm³/mol. The molecule has 0 aliphatic rings. The number of halogens is 2. The maximum Gasteiger partial charge on any atom is 0.175 e. The van der Waals surface area contributed by atoms with Crippen molar-refractivity contribution in [3.05, 3.63) is 70.7 Å². The van der Waals surface area contributed by atoms with E-state index in [2.05, 4.69) is 58.5 Å². The van der Waals surface area contributed by atoms with Crippen molar-refractivity contribution in [3.63, 3.8) is 0 Å². The van der Waals surface area contributed by atoms with Crippen LogP contribution in [0.15, 0.2) is 60.7 Å². The van der Waals surface area contributed by atoms with Crippen LogP contribution in [0, 0.1) is 0 Å². The Morgan fingerprint density at radius 1 is 0.852 bits per heavy atom. The molecule has 27 heavy (non-hydrogen) atoms. The van der Waals surface area contributed by atoms with E-state index in [0.717, 1.165) is 17.9 Å². The van der Waals surface area contributed by atoms with Crippen molar-refractivity contribution in [1.82, 2.24) is 4.57 Å². The summed E-state index contributed by atoms with van der Waals surface area (Å²) < 4.78 is 2.32. The smallest absolute Gasteiger partial charge is 0.175 e. The fourth-order valence-electron chi connectivity index (χ4n) is 3.34. The maximum atomic E-state index is 6.06. The summed E-state index contributed by atoms with van der Waals surface area (Å²) >= 11 is 17.4. The standard InChI is InChI=1S/C21H17Cl2N3S/c1-2-26-19-6-4-3-5-15(19)16-11-13(8-10-20(16)26)24-21(27)25-14-7-9-17(22)18(23)12-14/h3-12H,2H2,1H3,(H2,24,25,27). The van der Waals surface area contributed by atoms with Gasteiger partial charge >= 0.3 is 0 Å². The van der Waals surface area contributed by atoms with Crippen LogP contribution in [0.2, 0.25) is 10.0 Å². The third-order valence-electron chi connectivity index (χ3n) is 4.52. The van der Waals surface area contributed by atoms with E-state index in [4.69, 9.17) is 35.4 Å². The average Bonchev–Trinajstić information content (AvgIpc) is 2.98. The lowest BCUT2D eigenvalue weighted by Gasteiger charge is -2.11. The molecule has 0 aliphatic carbocycles. The maximum absolute atomic E-state index is 6.06. The number of aromatic nitrogens is 1. The van der Waals surface area contributed by atoms with Gasteiger partial charge < -0.3 is 15.2 Å². The molecule has 1 aromatic heterocycles. The van der Waals surface area contributed by atoms with Crippen molar-refractivity contribution < 1.29 is 0 Å². The first-order chi connectivity index (χ1) is 13.1. The minimum atomic E-state index is 0.485. The number of para-hydroxylation sites is 1. The molecule has 3 aromatic carbocycles. The normalized spacial score (nSPS) is 11.1. The van der Waals surface area contributed by atoms with Crippen LogP contribution in [-0.2, 0) is 6.54 Å². The Morgan fingerprint density at radius 2 is 1.52 bits per heavy atom. The van der Waals surface area contributed by atoms with Gasteiger partial charge in [-0.15, -0.1) is 0 Å². The van der Waals surface area contributed by atoms with Crippen LogP contribution in [0.4, 0.5) is 11.4 Å². The summed E-state index contributed by atoms with van der Waals surface area (Å²) in [7, 11) is 0. The number of aryl methyl sites for hydroxylation is 1. The molecule has 6 heteroatoms. The van der Waals surface area contributed by atoms with Crippen molar-refractivity contribution in [2.45, 2.75) is 13.5 Å². The lowest BCUT2D eigenvalue weighted by Crippen LogP contribution is -2.18. The van der Waals surface area contributed by atoms with Gasteiger partial charge in [-0.05, 0) is 61.6 Å². The highest BCUT2D eigenvalue weighted by Gasteiger charge is 2.10. The van der Waals surface area contributed by atoms with Crippen molar-refractivity contribution >= 4 is 73.7 Å². The molecule has 4 rings (SSSR count). The third kappa shape index (κ3) is 3.48. The zero-order chi connectivity index (χ0) is 19.0. The minimum absolute atomic E-state index is 0.485. The van der Waals surface area contributed by atoms with Crippen molar-refractivity contribution in [2.24, 2.45) is 0 Å². The average molecular weight is 414 g/mol. The highest BCUT2D eigenvalue weighted by molar-refractivity contribution is 7.80. The first-order valence-electron chi connectivity index (χ1n) is 8.61. The van der Waals surface area contributed by atoms with Crippen LogP contribution in [0.25, 0.3) is 21.8 Å². The zero-order valence-electron chi connectivity index (χ0n) is 14.6. The number of nitrogens with zero attached hydrogens (tertiary/aromatic N) is 1. The molecule has 3 nitrogen and oxygen atoms in total. The summed E-state index contributed by atoms with van der Waals surface area (Å²) in [5, 5.41) is 10.3. The lowest BCUT2D eigenvalue weighted by atomic mass is 10.1. The van der Waals surface area contributed by atoms with Crippen LogP contribution < -0.4 is 10.6 Å². The largest absolute Gasteiger partial charge is 0.341 e. The van der Waals surface area contributed by atoms with Crippen LogP contribution in [0.5, 0.6) is 0 Å². The Balaban J connectivity index is 1.63. The molecule has 0 atom stereocenters. The van der Waals surface area contributed by atoms with Gasteiger partial charge in [0, 0.05) is 39.7 Å². The first-order valence-corrected chi connectivity index (χ1v) is 9.77. The number of rotatable bonds is 3. The molecule has 0 aliphatic heterocycles. The molecule has 0 radical (unpaired) electrons. The molecule has 0 fully saturated rings. The second-order valence-electron chi connectivity index (χ2n) is 6.20. The minimum Gasteiger partial charge on any atom is -0.341 e. The fraction of sp³-hybridized carbons (Fsp3) is 0.0952. The van der Waals surface area contributed by atoms with Crippen molar-refractivity contribution in [2.75, 3.05) is 10.6 Å². The summed E-state index contributed by atoms with van der Waals surface area (Å²) in [5.41, 5.74) is 4.17. The number of hydrogen-bond acceptors (Lipinski definition) is 1. The SMILES string of the molecule is CCn1c2ccccc2c2cc(NC(=S)Nc3ccc(Cl)c(Cl)c3)ccc21. The van der Waals surface area contributed by atoms with Crippen molar-refractivity contribution in [1.29, 1.82) is 0 Å². The number of anilines is 2. The Kier molecular flexibility index (Phi) is 4.96. The Labute approximate surface area is 172 Å². The van der Waals surface area contributed by atoms with E-state index in [1.807, 2.05) is 12.1 Å². The monoisotopic (exact) mass is 413 g/mol. The summed E-state index contributed by atoms with van der Waals surface area (Å²) in [6.45, 7) is 3.09. The van der Waals surface area contributed by atoms with Gasteiger partial charge in [0.2, 0.25) is 0 Å². The number of thiocarbonyl (C=S) groups is 1.